The van der Waals surface area contributed by atoms with Crippen molar-refractivity contribution < 1.29 is 9.59 Å². The van der Waals surface area contributed by atoms with Gasteiger partial charge in [-0.25, -0.2) is 0 Å². The summed E-state index contributed by atoms with van der Waals surface area (Å²) in [4.78, 5) is 32.5. The van der Waals surface area contributed by atoms with Gasteiger partial charge in [0.15, 0.2) is 0 Å². The third kappa shape index (κ3) is 2.40. The molecule has 5 nitrogen and oxygen atoms in total. The Bertz CT molecular complexity index is 544. The van der Waals surface area contributed by atoms with E-state index in [1.165, 1.54) is 0 Å². The van der Waals surface area contributed by atoms with Crippen molar-refractivity contribution in [2.24, 2.45) is 0 Å². The number of fused-ring (bicyclic) bond motifs is 1. The molecule has 2 aliphatic rings. The van der Waals surface area contributed by atoms with Crippen LogP contribution in [0.25, 0.3) is 0 Å². The molecule has 2 fully saturated rings. The fraction of sp³-hybridized carbons (Fsp3) is 0.533. The van der Waals surface area contributed by atoms with E-state index in [9.17, 15) is 9.59 Å². The van der Waals surface area contributed by atoms with Gasteiger partial charge in [-0.2, -0.15) is 0 Å². The summed E-state index contributed by atoms with van der Waals surface area (Å²) in [6.45, 7) is 3.27. The summed E-state index contributed by atoms with van der Waals surface area (Å²) < 4.78 is 0. The highest BCUT2D eigenvalue weighted by Gasteiger charge is 2.40. The minimum Gasteiger partial charge on any atom is -0.329 e. The number of hydrogen-bond acceptors (Lipinski definition) is 3. The lowest BCUT2D eigenvalue weighted by molar-refractivity contribution is -0.158. The summed E-state index contributed by atoms with van der Waals surface area (Å²) in [6.07, 6.45) is 2.83. The maximum Gasteiger partial charge on any atom is 0.246 e. The fourth-order valence-corrected chi connectivity index (χ4v) is 3.05. The van der Waals surface area contributed by atoms with Crippen LogP contribution in [0.1, 0.15) is 30.7 Å². The smallest absolute Gasteiger partial charge is 0.246 e. The average Bonchev–Trinajstić information content (AvgIpc) is 2.45. The number of nitrogens with zero attached hydrogens (tertiary/aromatic N) is 3. The fourth-order valence-electron chi connectivity index (χ4n) is 3.05. The van der Waals surface area contributed by atoms with Crippen molar-refractivity contribution in [1.82, 2.24) is 14.8 Å². The molecule has 2 aliphatic heterocycles. The maximum absolute atomic E-state index is 12.5. The largest absolute Gasteiger partial charge is 0.329 e. The molecule has 20 heavy (non-hydrogen) atoms. The van der Waals surface area contributed by atoms with Gasteiger partial charge in [-0.3, -0.25) is 14.6 Å². The summed E-state index contributed by atoms with van der Waals surface area (Å²) in [5.41, 5.74) is 1.77. The van der Waals surface area contributed by atoms with Crippen LogP contribution >= 0.6 is 0 Å². The number of piperidine rings is 1. The maximum atomic E-state index is 12.5. The molecule has 3 heterocycles. The van der Waals surface area contributed by atoms with E-state index in [2.05, 4.69) is 4.98 Å². The first-order valence-corrected chi connectivity index (χ1v) is 7.16. The van der Waals surface area contributed by atoms with Crippen molar-refractivity contribution in [2.75, 3.05) is 13.1 Å². The van der Waals surface area contributed by atoms with Gasteiger partial charge in [0.05, 0.1) is 12.2 Å². The van der Waals surface area contributed by atoms with Crippen LogP contribution < -0.4 is 0 Å². The summed E-state index contributed by atoms with van der Waals surface area (Å²) in [6, 6.07) is 5.52. The Morgan fingerprint density at radius 1 is 1.30 bits per heavy atom. The molecular formula is C15H19N3O2. The minimum atomic E-state index is -0.241. The molecule has 2 saturated heterocycles. The lowest BCUT2D eigenvalue weighted by Crippen LogP contribution is -2.60. The Morgan fingerprint density at radius 3 is 2.95 bits per heavy atom. The molecule has 0 saturated carbocycles. The predicted molar refractivity (Wildman–Crippen MR) is 73.7 cm³/mol. The van der Waals surface area contributed by atoms with Gasteiger partial charge in [-0.15, -0.1) is 0 Å². The zero-order valence-electron chi connectivity index (χ0n) is 11.7. The van der Waals surface area contributed by atoms with Crippen molar-refractivity contribution in [3.63, 3.8) is 0 Å². The second kappa shape index (κ2) is 5.23. The molecule has 0 spiro atoms. The first-order chi connectivity index (χ1) is 9.65. The van der Waals surface area contributed by atoms with Gasteiger partial charge in [0.1, 0.15) is 12.6 Å². The minimum absolute atomic E-state index is 0.0713. The molecule has 1 unspecified atom stereocenters. The van der Waals surface area contributed by atoms with E-state index in [1.807, 2.05) is 25.1 Å². The van der Waals surface area contributed by atoms with Crippen LogP contribution in [0.4, 0.5) is 0 Å². The Labute approximate surface area is 118 Å². The number of carbonyl (C=O) groups is 2. The van der Waals surface area contributed by atoms with Crippen molar-refractivity contribution in [3.05, 3.63) is 29.6 Å². The number of aromatic nitrogens is 1. The van der Waals surface area contributed by atoms with E-state index in [1.54, 1.807) is 9.80 Å². The number of amides is 2. The van der Waals surface area contributed by atoms with Crippen molar-refractivity contribution in [3.8, 4) is 0 Å². The molecule has 0 aromatic carbocycles. The van der Waals surface area contributed by atoms with Crippen molar-refractivity contribution >= 4 is 11.8 Å². The average molecular weight is 273 g/mol. The van der Waals surface area contributed by atoms with Crippen LogP contribution in [0.5, 0.6) is 0 Å². The molecule has 0 radical (unpaired) electrons. The molecule has 1 aromatic heterocycles. The van der Waals surface area contributed by atoms with E-state index in [0.29, 0.717) is 6.54 Å². The predicted octanol–water partition coefficient (Wildman–Crippen LogP) is 1.11. The first-order valence-electron chi connectivity index (χ1n) is 7.16. The Hall–Kier alpha value is -1.91. The lowest BCUT2D eigenvalue weighted by Gasteiger charge is -2.42. The molecule has 0 bridgehead atoms. The first kappa shape index (κ1) is 13.1. The van der Waals surface area contributed by atoms with Crippen LogP contribution in [0.3, 0.4) is 0 Å². The second-order valence-electron chi connectivity index (χ2n) is 5.56. The molecule has 1 aromatic rings. The third-order valence-corrected chi connectivity index (χ3v) is 4.04. The van der Waals surface area contributed by atoms with Gasteiger partial charge in [0.2, 0.25) is 11.8 Å². The quantitative estimate of drug-likeness (QED) is 0.811. The molecule has 2 amide bonds. The monoisotopic (exact) mass is 273 g/mol. The van der Waals surface area contributed by atoms with E-state index in [-0.39, 0.29) is 24.4 Å². The van der Waals surface area contributed by atoms with Gasteiger partial charge in [0, 0.05) is 12.2 Å². The SMILES string of the molecule is Cc1cccc(CN2CC(=O)N3CCCCC3C2=O)n1. The van der Waals surface area contributed by atoms with Gasteiger partial charge < -0.3 is 9.80 Å². The van der Waals surface area contributed by atoms with E-state index in [0.717, 1.165) is 37.2 Å². The summed E-state index contributed by atoms with van der Waals surface area (Å²) in [5, 5.41) is 0. The van der Waals surface area contributed by atoms with Crippen LogP contribution in [0.2, 0.25) is 0 Å². The molecule has 5 heteroatoms. The molecule has 106 valence electrons. The molecular weight excluding hydrogens is 254 g/mol. The second-order valence-corrected chi connectivity index (χ2v) is 5.56. The normalized spacial score (nSPS) is 22.9. The highest BCUT2D eigenvalue weighted by atomic mass is 16.2. The number of rotatable bonds is 2. The number of piperazine rings is 1. The van der Waals surface area contributed by atoms with Crippen LogP contribution in [0, 0.1) is 6.92 Å². The van der Waals surface area contributed by atoms with E-state index < -0.39 is 0 Å². The standard InChI is InChI=1S/C15H19N3O2/c1-11-5-4-6-12(16-11)9-17-10-14(19)18-8-3-2-7-13(18)15(17)20/h4-6,13H,2-3,7-10H2,1H3. The number of pyridine rings is 1. The van der Waals surface area contributed by atoms with E-state index in [4.69, 9.17) is 0 Å². The van der Waals surface area contributed by atoms with Crippen molar-refractivity contribution in [2.45, 2.75) is 38.8 Å². The molecule has 3 rings (SSSR count). The number of aryl methyl sites for hydroxylation is 1. The highest BCUT2D eigenvalue weighted by Crippen LogP contribution is 2.23. The third-order valence-electron chi connectivity index (χ3n) is 4.04. The molecule has 1 atom stereocenters. The Morgan fingerprint density at radius 2 is 2.15 bits per heavy atom. The summed E-state index contributed by atoms with van der Waals surface area (Å²) in [5.74, 6) is 0.148. The molecule has 0 N–H and O–H groups in total. The van der Waals surface area contributed by atoms with Gasteiger partial charge >= 0.3 is 0 Å². The highest BCUT2D eigenvalue weighted by molar-refractivity contribution is 5.95. The number of carbonyl (C=O) groups excluding carboxylic acids is 2. The summed E-state index contributed by atoms with van der Waals surface area (Å²) in [7, 11) is 0. The van der Waals surface area contributed by atoms with E-state index >= 15 is 0 Å². The van der Waals surface area contributed by atoms with Crippen LogP contribution in [-0.2, 0) is 16.1 Å². The van der Waals surface area contributed by atoms with Gasteiger partial charge in [0.25, 0.3) is 0 Å². The Balaban J connectivity index is 1.77. The van der Waals surface area contributed by atoms with Gasteiger partial charge in [-0.1, -0.05) is 6.07 Å². The number of hydrogen-bond donors (Lipinski definition) is 0. The zero-order chi connectivity index (χ0) is 14.1. The van der Waals surface area contributed by atoms with Crippen LogP contribution in [0.15, 0.2) is 18.2 Å². The van der Waals surface area contributed by atoms with Crippen LogP contribution in [-0.4, -0.2) is 45.7 Å². The van der Waals surface area contributed by atoms with Crippen molar-refractivity contribution in [1.29, 1.82) is 0 Å². The Kier molecular flexibility index (Phi) is 3.42. The molecule has 0 aliphatic carbocycles. The zero-order valence-corrected chi connectivity index (χ0v) is 11.7. The topological polar surface area (TPSA) is 53.5 Å². The summed E-state index contributed by atoms with van der Waals surface area (Å²) >= 11 is 0. The van der Waals surface area contributed by atoms with Gasteiger partial charge in [-0.05, 0) is 38.3 Å². The lowest BCUT2D eigenvalue weighted by atomic mass is 9.98.